The second-order valence-corrected chi connectivity index (χ2v) is 4.95. The number of rotatable bonds is 3. The third-order valence-electron chi connectivity index (χ3n) is 2.22. The smallest absolute Gasteiger partial charge is 0.299 e. The number of aryl methyl sites for hydroxylation is 1. The fraction of sp³-hybridized carbons (Fsp3) is 0.273. The van der Waals surface area contributed by atoms with E-state index in [9.17, 15) is 0 Å². The number of aromatic nitrogens is 2. The van der Waals surface area contributed by atoms with E-state index in [0.29, 0.717) is 16.6 Å². The van der Waals surface area contributed by atoms with E-state index < -0.39 is 0 Å². The molecule has 1 aromatic heterocycles. The van der Waals surface area contributed by atoms with Crippen molar-refractivity contribution in [3.8, 4) is 10.9 Å². The summed E-state index contributed by atoms with van der Waals surface area (Å²) in [7, 11) is 3.93. The molecule has 0 radical (unpaired) electrons. The molecule has 90 valence electrons. The summed E-state index contributed by atoms with van der Waals surface area (Å²) >= 11 is 1.39. The lowest BCUT2D eigenvalue weighted by Crippen LogP contribution is -2.08. The lowest BCUT2D eigenvalue weighted by molar-refractivity contribution is 0.475. The number of benzene rings is 1. The quantitative estimate of drug-likeness (QED) is 0.847. The molecule has 5 nitrogen and oxygen atoms in total. The number of anilines is 2. The van der Waals surface area contributed by atoms with Crippen molar-refractivity contribution in [3.05, 3.63) is 23.2 Å². The number of hydrogen-bond acceptors (Lipinski definition) is 6. The van der Waals surface area contributed by atoms with Gasteiger partial charge in [0.2, 0.25) is 0 Å². The van der Waals surface area contributed by atoms with Gasteiger partial charge in [0.05, 0.1) is 5.69 Å². The highest BCUT2D eigenvalue weighted by molar-refractivity contribution is 7.13. The first-order valence-corrected chi connectivity index (χ1v) is 5.92. The van der Waals surface area contributed by atoms with E-state index in [2.05, 4.69) is 10.2 Å². The van der Waals surface area contributed by atoms with Crippen LogP contribution in [0.2, 0.25) is 0 Å². The highest BCUT2D eigenvalue weighted by Crippen LogP contribution is 2.32. The molecule has 2 rings (SSSR count). The molecule has 0 saturated heterocycles. The van der Waals surface area contributed by atoms with Gasteiger partial charge in [0.25, 0.3) is 5.19 Å². The Labute approximate surface area is 104 Å². The van der Waals surface area contributed by atoms with Crippen molar-refractivity contribution in [3.63, 3.8) is 0 Å². The summed E-state index contributed by atoms with van der Waals surface area (Å²) in [4.78, 5) is 1.98. The fourth-order valence-electron chi connectivity index (χ4n) is 1.30. The topological polar surface area (TPSA) is 64.3 Å². The van der Waals surface area contributed by atoms with Crippen LogP contribution in [0.1, 0.15) is 5.01 Å². The molecule has 0 aliphatic carbocycles. The van der Waals surface area contributed by atoms with Crippen LogP contribution in [0.3, 0.4) is 0 Å². The summed E-state index contributed by atoms with van der Waals surface area (Å²) in [6.07, 6.45) is 0. The first-order chi connectivity index (χ1) is 8.06. The molecule has 0 bridgehead atoms. The van der Waals surface area contributed by atoms with Crippen molar-refractivity contribution in [2.75, 3.05) is 24.7 Å². The third kappa shape index (κ3) is 2.65. The molecule has 0 spiro atoms. The zero-order valence-corrected chi connectivity index (χ0v) is 10.8. The maximum Gasteiger partial charge on any atom is 0.299 e. The molecule has 17 heavy (non-hydrogen) atoms. The fourth-order valence-corrected chi connectivity index (χ4v) is 1.85. The van der Waals surface area contributed by atoms with Gasteiger partial charge in [-0.25, -0.2) is 0 Å². The molecule has 0 fully saturated rings. The van der Waals surface area contributed by atoms with Gasteiger partial charge in [-0.2, -0.15) is 0 Å². The summed E-state index contributed by atoms with van der Waals surface area (Å²) in [5, 5.41) is 9.16. The Bertz CT molecular complexity index is 524. The Morgan fingerprint density at radius 2 is 2.06 bits per heavy atom. The molecule has 0 amide bonds. The minimum Gasteiger partial charge on any atom is -0.428 e. The maximum atomic E-state index is 5.86. The molecular formula is C11H14N4OS. The highest BCUT2D eigenvalue weighted by Gasteiger charge is 2.08. The van der Waals surface area contributed by atoms with Crippen LogP contribution < -0.4 is 15.4 Å². The molecule has 6 heteroatoms. The SMILES string of the molecule is Cc1nnc(Oc2cc(N(C)C)ccc2N)s1. The van der Waals surface area contributed by atoms with E-state index in [4.69, 9.17) is 10.5 Å². The van der Waals surface area contributed by atoms with Gasteiger partial charge < -0.3 is 15.4 Å². The van der Waals surface area contributed by atoms with E-state index in [-0.39, 0.29) is 0 Å². The van der Waals surface area contributed by atoms with Crippen LogP contribution in [0.5, 0.6) is 10.9 Å². The summed E-state index contributed by atoms with van der Waals surface area (Å²) < 4.78 is 5.61. The van der Waals surface area contributed by atoms with Crippen molar-refractivity contribution in [2.24, 2.45) is 0 Å². The van der Waals surface area contributed by atoms with E-state index in [0.717, 1.165) is 10.7 Å². The van der Waals surface area contributed by atoms with Crippen LogP contribution in [0.4, 0.5) is 11.4 Å². The zero-order chi connectivity index (χ0) is 12.4. The normalized spacial score (nSPS) is 10.3. The number of nitrogens with two attached hydrogens (primary N) is 1. The molecule has 1 heterocycles. The van der Waals surface area contributed by atoms with Crippen molar-refractivity contribution in [1.82, 2.24) is 10.2 Å². The molecule has 0 unspecified atom stereocenters. The monoisotopic (exact) mass is 250 g/mol. The first kappa shape index (κ1) is 11.7. The van der Waals surface area contributed by atoms with Crippen LogP contribution >= 0.6 is 11.3 Å². The lowest BCUT2D eigenvalue weighted by Gasteiger charge is -2.14. The standard InChI is InChI=1S/C11H14N4OS/c1-7-13-14-11(17-7)16-10-6-8(15(2)3)4-5-9(10)12/h4-6H,12H2,1-3H3. The number of nitrogens with zero attached hydrogens (tertiary/aromatic N) is 3. The first-order valence-electron chi connectivity index (χ1n) is 5.11. The molecule has 0 aliphatic rings. The van der Waals surface area contributed by atoms with Crippen LogP contribution in [0.15, 0.2) is 18.2 Å². The van der Waals surface area contributed by atoms with E-state index in [1.54, 1.807) is 0 Å². The van der Waals surface area contributed by atoms with E-state index in [1.807, 2.05) is 44.1 Å². The van der Waals surface area contributed by atoms with Gasteiger partial charge in [0.1, 0.15) is 5.01 Å². The Balaban J connectivity index is 2.28. The molecule has 2 aromatic rings. The third-order valence-corrected chi connectivity index (χ3v) is 2.93. The molecule has 0 atom stereocenters. The average molecular weight is 250 g/mol. The predicted octanol–water partition coefficient (Wildman–Crippen LogP) is 2.29. The molecular weight excluding hydrogens is 236 g/mol. The number of ether oxygens (including phenoxy) is 1. The van der Waals surface area contributed by atoms with Crippen molar-refractivity contribution >= 4 is 22.7 Å². The van der Waals surface area contributed by atoms with E-state index >= 15 is 0 Å². The summed E-state index contributed by atoms with van der Waals surface area (Å²) in [5.41, 5.74) is 7.47. The minimum absolute atomic E-state index is 0.505. The van der Waals surface area contributed by atoms with Crippen molar-refractivity contribution < 1.29 is 4.74 Å². The zero-order valence-electron chi connectivity index (χ0n) is 9.97. The van der Waals surface area contributed by atoms with Crippen molar-refractivity contribution in [2.45, 2.75) is 6.92 Å². The van der Waals surface area contributed by atoms with Crippen LogP contribution in [-0.4, -0.2) is 24.3 Å². The number of nitrogen functional groups attached to an aromatic ring is 1. The molecule has 0 saturated carbocycles. The molecule has 2 N–H and O–H groups in total. The minimum atomic E-state index is 0.505. The van der Waals surface area contributed by atoms with Gasteiger partial charge in [0, 0.05) is 25.8 Å². The van der Waals surface area contributed by atoms with Crippen LogP contribution in [-0.2, 0) is 0 Å². The summed E-state index contributed by atoms with van der Waals surface area (Å²) in [6, 6.07) is 5.64. The van der Waals surface area contributed by atoms with Crippen LogP contribution in [0.25, 0.3) is 0 Å². The van der Waals surface area contributed by atoms with E-state index in [1.165, 1.54) is 11.3 Å². The second kappa shape index (κ2) is 4.58. The average Bonchev–Trinajstić information content (AvgIpc) is 2.67. The highest BCUT2D eigenvalue weighted by atomic mass is 32.1. The number of hydrogen-bond donors (Lipinski definition) is 1. The second-order valence-electron chi connectivity index (χ2n) is 3.81. The van der Waals surface area contributed by atoms with Gasteiger partial charge in [-0.05, 0) is 19.1 Å². The van der Waals surface area contributed by atoms with Gasteiger partial charge in [0.15, 0.2) is 5.75 Å². The Morgan fingerprint density at radius 1 is 1.29 bits per heavy atom. The Kier molecular flexibility index (Phi) is 3.14. The van der Waals surface area contributed by atoms with Gasteiger partial charge >= 0.3 is 0 Å². The maximum absolute atomic E-state index is 5.86. The van der Waals surface area contributed by atoms with Gasteiger partial charge in [-0.3, -0.25) is 0 Å². The van der Waals surface area contributed by atoms with Gasteiger partial charge in [-0.1, -0.05) is 16.4 Å². The largest absolute Gasteiger partial charge is 0.428 e. The van der Waals surface area contributed by atoms with Crippen LogP contribution in [0, 0.1) is 6.92 Å². The molecule has 0 aliphatic heterocycles. The summed E-state index contributed by atoms with van der Waals surface area (Å²) in [5.74, 6) is 0.604. The van der Waals surface area contributed by atoms with Crippen molar-refractivity contribution in [1.29, 1.82) is 0 Å². The lowest BCUT2D eigenvalue weighted by atomic mass is 10.2. The van der Waals surface area contributed by atoms with Gasteiger partial charge in [-0.15, -0.1) is 5.10 Å². The predicted molar refractivity (Wildman–Crippen MR) is 69.9 cm³/mol. The molecule has 1 aromatic carbocycles. The Morgan fingerprint density at radius 3 is 2.65 bits per heavy atom. The Hall–Kier alpha value is -1.82. The summed E-state index contributed by atoms with van der Waals surface area (Å²) in [6.45, 7) is 1.88.